The summed E-state index contributed by atoms with van der Waals surface area (Å²) in [6.45, 7) is 1.30. The number of aliphatic hydroxyl groups is 1. The van der Waals surface area contributed by atoms with Crippen LogP contribution < -0.4 is 0 Å². The standard InChI is InChI=1S/C9H13N3O2/c13-6-7-3-9(14)12(4-7)5-8-1-2-10-11-8/h1-2,7,13H,3-6H2,(H,10,11). The lowest BCUT2D eigenvalue weighted by Gasteiger charge is -2.14. The van der Waals surface area contributed by atoms with Crippen LogP contribution in [0.5, 0.6) is 0 Å². The van der Waals surface area contributed by atoms with E-state index in [1.807, 2.05) is 6.07 Å². The smallest absolute Gasteiger partial charge is 0.223 e. The molecule has 2 heterocycles. The van der Waals surface area contributed by atoms with Crippen molar-refractivity contribution in [3.63, 3.8) is 0 Å². The number of aromatic nitrogens is 2. The number of likely N-dealkylation sites (tertiary alicyclic amines) is 1. The van der Waals surface area contributed by atoms with Gasteiger partial charge in [-0.3, -0.25) is 9.89 Å². The zero-order valence-corrected chi connectivity index (χ0v) is 7.81. The molecule has 0 saturated carbocycles. The maximum absolute atomic E-state index is 11.5. The van der Waals surface area contributed by atoms with E-state index in [0.717, 1.165) is 5.69 Å². The van der Waals surface area contributed by atoms with Crippen molar-refractivity contribution in [2.24, 2.45) is 5.92 Å². The van der Waals surface area contributed by atoms with Crippen LogP contribution in [-0.2, 0) is 11.3 Å². The molecule has 1 unspecified atom stereocenters. The lowest BCUT2D eigenvalue weighted by molar-refractivity contribution is -0.128. The highest BCUT2D eigenvalue weighted by atomic mass is 16.3. The molecule has 1 amide bonds. The van der Waals surface area contributed by atoms with Gasteiger partial charge in [-0.05, 0) is 6.07 Å². The van der Waals surface area contributed by atoms with Crippen LogP contribution in [-0.4, -0.2) is 39.3 Å². The summed E-state index contributed by atoms with van der Waals surface area (Å²) >= 11 is 0. The average Bonchev–Trinajstić information content (AvgIpc) is 2.78. The van der Waals surface area contributed by atoms with Crippen molar-refractivity contribution in [1.82, 2.24) is 15.1 Å². The van der Waals surface area contributed by atoms with Gasteiger partial charge in [0.2, 0.25) is 5.91 Å². The molecule has 1 fully saturated rings. The molecule has 1 aliphatic rings. The van der Waals surface area contributed by atoms with Gasteiger partial charge >= 0.3 is 0 Å². The van der Waals surface area contributed by atoms with Crippen molar-refractivity contribution < 1.29 is 9.90 Å². The Hall–Kier alpha value is -1.36. The Morgan fingerprint density at radius 3 is 3.14 bits per heavy atom. The van der Waals surface area contributed by atoms with Gasteiger partial charge in [0, 0.05) is 31.7 Å². The summed E-state index contributed by atoms with van der Waals surface area (Å²) in [5, 5.41) is 15.6. The minimum Gasteiger partial charge on any atom is -0.396 e. The van der Waals surface area contributed by atoms with Crippen molar-refractivity contribution >= 4 is 5.91 Å². The van der Waals surface area contributed by atoms with Crippen molar-refractivity contribution in [2.45, 2.75) is 13.0 Å². The third-order valence-electron chi connectivity index (χ3n) is 2.47. The van der Waals surface area contributed by atoms with Crippen LogP contribution in [0.2, 0.25) is 0 Å². The Kier molecular flexibility index (Phi) is 2.49. The van der Waals surface area contributed by atoms with Gasteiger partial charge < -0.3 is 10.0 Å². The quantitative estimate of drug-likeness (QED) is 0.698. The Morgan fingerprint density at radius 2 is 2.57 bits per heavy atom. The maximum atomic E-state index is 11.5. The molecule has 0 spiro atoms. The van der Waals surface area contributed by atoms with Gasteiger partial charge in [0.15, 0.2) is 0 Å². The topological polar surface area (TPSA) is 69.2 Å². The first-order valence-electron chi connectivity index (χ1n) is 4.66. The Bertz CT molecular complexity index is 310. The van der Waals surface area contributed by atoms with E-state index in [0.29, 0.717) is 19.5 Å². The van der Waals surface area contributed by atoms with Gasteiger partial charge in [-0.2, -0.15) is 5.10 Å². The maximum Gasteiger partial charge on any atom is 0.223 e. The number of H-pyrrole nitrogens is 1. The summed E-state index contributed by atoms with van der Waals surface area (Å²) in [4.78, 5) is 13.2. The molecule has 2 rings (SSSR count). The SMILES string of the molecule is O=C1CC(CO)CN1Cc1ccn[nH]1. The number of nitrogens with zero attached hydrogens (tertiary/aromatic N) is 2. The van der Waals surface area contributed by atoms with E-state index in [2.05, 4.69) is 10.2 Å². The summed E-state index contributed by atoms with van der Waals surface area (Å²) in [7, 11) is 0. The van der Waals surface area contributed by atoms with Crippen LogP contribution in [0, 0.1) is 5.92 Å². The molecule has 1 aliphatic heterocycles. The fourth-order valence-corrected chi connectivity index (χ4v) is 1.71. The van der Waals surface area contributed by atoms with Gasteiger partial charge in [0.25, 0.3) is 0 Å². The molecule has 14 heavy (non-hydrogen) atoms. The van der Waals surface area contributed by atoms with Crippen molar-refractivity contribution in [3.05, 3.63) is 18.0 Å². The number of hydrogen-bond acceptors (Lipinski definition) is 3. The van der Waals surface area contributed by atoms with Crippen LogP contribution in [0.15, 0.2) is 12.3 Å². The van der Waals surface area contributed by atoms with Gasteiger partial charge in [-0.1, -0.05) is 0 Å². The first-order valence-corrected chi connectivity index (χ1v) is 4.66. The van der Waals surface area contributed by atoms with Crippen LogP contribution in [0.25, 0.3) is 0 Å². The van der Waals surface area contributed by atoms with Gasteiger partial charge in [0.1, 0.15) is 0 Å². The molecule has 2 N–H and O–H groups in total. The van der Waals surface area contributed by atoms with Crippen LogP contribution in [0.3, 0.4) is 0 Å². The molecule has 5 heteroatoms. The number of aromatic amines is 1. The summed E-state index contributed by atoms with van der Waals surface area (Å²) < 4.78 is 0. The largest absolute Gasteiger partial charge is 0.396 e. The van der Waals surface area contributed by atoms with E-state index in [1.165, 1.54) is 0 Å². The molecule has 0 aliphatic carbocycles. The fraction of sp³-hybridized carbons (Fsp3) is 0.556. The number of aliphatic hydroxyl groups excluding tert-OH is 1. The van der Waals surface area contributed by atoms with Crippen LogP contribution in [0.4, 0.5) is 0 Å². The summed E-state index contributed by atoms with van der Waals surface area (Å²) in [5.41, 5.74) is 0.928. The molecule has 1 saturated heterocycles. The van der Waals surface area contributed by atoms with Crippen LogP contribution in [0.1, 0.15) is 12.1 Å². The van der Waals surface area contributed by atoms with E-state index >= 15 is 0 Å². The molecule has 1 atom stereocenters. The minimum atomic E-state index is 0.0885. The van der Waals surface area contributed by atoms with Crippen molar-refractivity contribution in [3.8, 4) is 0 Å². The first-order chi connectivity index (χ1) is 6.79. The average molecular weight is 195 g/mol. The third kappa shape index (κ3) is 1.77. The summed E-state index contributed by atoms with van der Waals surface area (Å²) in [6.07, 6.45) is 2.13. The highest BCUT2D eigenvalue weighted by Gasteiger charge is 2.28. The number of nitrogens with one attached hydrogen (secondary N) is 1. The highest BCUT2D eigenvalue weighted by molar-refractivity contribution is 5.78. The molecule has 0 radical (unpaired) electrons. The number of carbonyl (C=O) groups excluding carboxylic acids is 1. The highest BCUT2D eigenvalue weighted by Crippen LogP contribution is 2.18. The first kappa shape index (κ1) is 9.21. The fourth-order valence-electron chi connectivity index (χ4n) is 1.71. The Morgan fingerprint density at radius 1 is 1.71 bits per heavy atom. The van der Waals surface area contributed by atoms with Gasteiger partial charge in [0.05, 0.1) is 12.2 Å². The molecular formula is C9H13N3O2. The van der Waals surface area contributed by atoms with Crippen molar-refractivity contribution in [1.29, 1.82) is 0 Å². The lowest BCUT2D eigenvalue weighted by Crippen LogP contribution is -2.25. The molecule has 1 aromatic rings. The third-order valence-corrected chi connectivity index (χ3v) is 2.47. The van der Waals surface area contributed by atoms with Gasteiger partial charge in [-0.25, -0.2) is 0 Å². The number of rotatable bonds is 3. The Balaban J connectivity index is 1.96. The molecule has 1 aromatic heterocycles. The van der Waals surface area contributed by atoms with E-state index in [9.17, 15) is 4.79 Å². The van der Waals surface area contributed by atoms with Crippen LogP contribution >= 0.6 is 0 Å². The molecule has 5 nitrogen and oxygen atoms in total. The molecular weight excluding hydrogens is 182 g/mol. The zero-order chi connectivity index (χ0) is 9.97. The van der Waals surface area contributed by atoms with E-state index in [4.69, 9.17) is 5.11 Å². The second kappa shape index (κ2) is 3.79. The van der Waals surface area contributed by atoms with Gasteiger partial charge in [-0.15, -0.1) is 0 Å². The van der Waals surface area contributed by atoms with E-state index in [-0.39, 0.29) is 18.4 Å². The number of amides is 1. The molecule has 0 aromatic carbocycles. The lowest BCUT2D eigenvalue weighted by atomic mass is 10.1. The normalized spacial score (nSPS) is 21.9. The zero-order valence-electron chi connectivity index (χ0n) is 7.81. The number of carbonyl (C=O) groups is 1. The monoisotopic (exact) mass is 195 g/mol. The minimum absolute atomic E-state index is 0.0885. The summed E-state index contributed by atoms with van der Waals surface area (Å²) in [6, 6.07) is 1.85. The Labute approximate surface area is 81.7 Å². The molecule has 0 bridgehead atoms. The summed E-state index contributed by atoms with van der Waals surface area (Å²) in [5.74, 6) is 0.212. The predicted octanol–water partition coefficient (Wildman–Crippen LogP) is -0.250. The van der Waals surface area contributed by atoms with E-state index < -0.39 is 0 Å². The molecule has 76 valence electrons. The second-order valence-electron chi connectivity index (χ2n) is 3.61. The second-order valence-corrected chi connectivity index (χ2v) is 3.61. The van der Waals surface area contributed by atoms with Crippen molar-refractivity contribution in [2.75, 3.05) is 13.2 Å². The van der Waals surface area contributed by atoms with E-state index in [1.54, 1.807) is 11.1 Å². The number of hydrogen-bond donors (Lipinski definition) is 2. The predicted molar refractivity (Wildman–Crippen MR) is 49.2 cm³/mol.